The number of thioether (sulfide) groups is 1. The van der Waals surface area contributed by atoms with Crippen molar-refractivity contribution in [2.45, 2.75) is 45.6 Å². The number of imide groups is 1. The summed E-state index contributed by atoms with van der Waals surface area (Å²) in [6.07, 6.45) is 7.57. The lowest BCUT2D eigenvalue weighted by atomic mass is 9.89. The molecule has 2 amide bonds. The summed E-state index contributed by atoms with van der Waals surface area (Å²) in [7, 11) is 0. The van der Waals surface area contributed by atoms with Crippen LogP contribution >= 0.6 is 50.3 Å². The molecule has 4 rings (SSSR count). The van der Waals surface area contributed by atoms with E-state index < -0.39 is 0 Å². The van der Waals surface area contributed by atoms with Crippen molar-refractivity contribution in [2.75, 3.05) is 13.2 Å². The van der Waals surface area contributed by atoms with E-state index in [1.54, 1.807) is 6.08 Å². The van der Waals surface area contributed by atoms with Crippen LogP contribution in [0.4, 0.5) is 4.79 Å². The molecule has 0 atom stereocenters. The molecule has 2 aromatic carbocycles. The third kappa shape index (κ3) is 6.37. The first-order chi connectivity index (χ1) is 16.4. The van der Waals surface area contributed by atoms with Crippen LogP contribution < -0.4 is 9.47 Å². The number of benzene rings is 2. The van der Waals surface area contributed by atoms with Crippen LogP contribution in [0.2, 0.25) is 0 Å². The standard InChI is InChI=1S/C26H27BrINO4S/c1-2-32-22-13-19(12-21(27)24(22)33-16-18-8-10-20(28)11-9-18)14-23-25(30)29(26(31)34-23)15-17-6-4-3-5-7-17/h8-14,17H,2-7,15-16H2,1H3/b23-14+. The van der Waals surface area contributed by atoms with Crippen molar-refractivity contribution in [2.24, 2.45) is 5.92 Å². The maximum atomic E-state index is 13.0. The number of ether oxygens (including phenoxy) is 2. The van der Waals surface area contributed by atoms with Crippen LogP contribution in [0.1, 0.15) is 50.2 Å². The van der Waals surface area contributed by atoms with Gasteiger partial charge in [-0.3, -0.25) is 14.5 Å². The first-order valence-electron chi connectivity index (χ1n) is 11.5. The number of carbonyl (C=O) groups excluding carboxylic acids is 2. The van der Waals surface area contributed by atoms with Crippen LogP contribution in [0, 0.1) is 9.49 Å². The quantitative estimate of drug-likeness (QED) is 0.216. The molecule has 1 aliphatic heterocycles. The van der Waals surface area contributed by atoms with Gasteiger partial charge in [-0.05, 0) is 117 Å². The van der Waals surface area contributed by atoms with Gasteiger partial charge in [0.25, 0.3) is 11.1 Å². The highest BCUT2D eigenvalue weighted by molar-refractivity contribution is 14.1. The van der Waals surface area contributed by atoms with E-state index in [2.05, 4.69) is 38.5 Å². The Bertz CT molecular complexity index is 1080. The Kier molecular flexibility index (Phi) is 8.98. The summed E-state index contributed by atoms with van der Waals surface area (Å²) in [5, 5.41) is -0.177. The topological polar surface area (TPSA) is 55.8 Å². The number of hydrogen-bond acceptors (Lipinski definition) is 5. The molecule has 2 aliphatic rings. The molecule has 5 nitrogen and oxygen atoms in total. The number of amides is 2. The van der Waals surface area contributed by atoms with Crippen molar-refractivity contribution >= 4 is 67.5 Å². The number of nitrogens with zero attached hydrogens (tertiary/aromatic N) is 1. The third-order valence-corrected chi connectivity index (χ3v) is 8.18. The minimum atomic E-state index is -0.200. The molecule has 0 aromatic heterocycles. The predicted molar refractivity (Wildman–Crippen MR) is 148 cm³/mol. The maximum Gasteiger partial charge on any atom is 0.293 e. The zero-order valence-electron chi connectivity index (χ0n) is 19.0. The fraction of sp³-hybridized carbons (Fsp3) is 0.385. The monoisotopic (exact) mass is 655 g/mol. The Morgan fingerprint density at radius 1 is 1.12 bits per heavy atom. The van der Waals surface area contributed by atoms with Crippen molar-refractivity contribution in [3.05, 3.63) is 60.5 Å². The molecule has 0 N–H and O–H groups in total. The van der Waals surface area contributed by atoms with Crippen LogP contribution in [0.15, 0.2) is 45.8 Å². The summed E-state index contributed by atoms with van der Waals surface area (Å²) < 4.78 is 13.8. The van der Waals surface area contributed by atoms with Gasteiger partial charge in [0.15, 0.2) is 11.5 Å². The molecular formula is C26H27BrINO4S. The highest BCUT2D eigenvalue weighted by Crippen LogP contribution is 2.40. The number of hydrogen-bond donors (Lipinski definition) is 0. The molecule has 1 saturated heterocycles. The number of carbonyl (C=O) groups is 2. The van der Waals surface area contributed by atoms with Gasteiger partial charge in [0.05, 0.1) is 16.0 Å². The van der Waals surface area contributed by atoms with Gasteiger partial charge >= 0.3 is 0 Å². The molecule has 34 heavy (non-hydrogen) atoms. The second kappa shape index (κ2) is 11.9. The predicted octanol–water partition coefficient (Wildman–Crippen LogP) is 7.65. The van der Waals surface area contributed by atoms with Gasteiger partial charge in [-0.2, -0.15) is 0 Å². The molecular weight excluding hydrogens is 629 g/mol. The van der Waals surface area contributed by atoms with Gasteiger partial charge in [-0.15, -0.1) is 0 Å². The van der Waals surface area contributed by atoms with Crippen LogP contribution in [-0.4, -0.2) is 29.2 Å². The Balaban J connectivity index is 1.51. The zero-order chi connectivity index (χ0) is 24.1. The summed E-state index contributed by atoms with van der Waals surface area (Å²) in [6.45, 7) is 3.34. The van der Waals surface area contributed by atoms with Crippen molar-refractivity contribution in [1.29, 1.82) is 0 Å². The number of rotatable bonds is 8. The van der Waals surface area contributed by atoms with Gasteiger partial charge in [0, 0.05) is 10.1 Å². The minimum Gasteiger partial charge on any atom is -0.490 e. The lowest BCUT2D eigenvalue weighted by molar-refractivity contribution is -0.123. The summed E-state index contributed by atoms with van der Waals surface area (Å²) in [4.78, 5) is 27.4. The average molecular weight is 656 g/mol. The highest BCUT2D eigenvalue weighted by atomic mass is 127. The van der Waals surface area contributed by atoms with E-state index in [0.717, 1.165) is 40.2 Å². The lowest BCUT2D eigenvalue weighted by Crippen LogP contribution is -2.34. The minimum absolute atomic E-state index is 0.177. The second-order valence-corrected chi connectivity index (χ2v) is 11.6. The normalized spacial score (nSPS) is 18.1. The second-order valence-electron chi connectivity index (χ2n) is 8.47. The summed E-state index contributed by atoms with van der Waals surface area (Å²) >= 11 is 6.89. The largest absolute Gasteiger partial charge is 0.490 e. The van der Waals surface area contributed by atoms with E-state index >= 15 is 0 Å². The van der Waals surface area contributed by atoms with Crippen LogP contribution in [0.25, 0.3) is 6.08 Å². The van der Waals surface area contributed by atoms with E-state index in [1.165, 1.54) is 27.7 Å². The molecule has 8 heteroatoms. The van der Waals surface area contributed by atoms with Crippen LogP contribution in [-0.2, 0) is 11.4 Å². The first kappa shape index (κ1) is 25.6. The molecule has 0 radical (unpaired) electrons. The molecule has 0 spiro atoms. The lowest BCUT2D eigenvalue weighted by Gasteiger charge is -2.25. The van der Waals surface area contributed by atoms with Crippen LogP contribution in [0.5, 0.6) is 11.5 Å². The summed E-state index contributed by atoms with van der Waals surface area (Å²) in [5.41, 5.74) is 1.84. The maximum absolute atomic E-state index is 13.0. The van der Waals surface area contributed by atoms with Crippen molar-refractivity contribution in [3.63, 3.8) is 0 Å². The van der Waals surface area contributed by atoms with E-state index in [4.69, 9.17) is 9.47 Å². The van der Waals surface area contributed by atoms with E-state index in [-0.39, 0.29) is 11.1 Å². The summed E-state index contributed by atoms with van der Waals surface area (Å²) in [6, 6.07) is 11.9. The van der Waals surface area contributed by atoms with Gasteiger partial charge in [0.1, 0.15) is 6.61 Å². The Morgan fingerprint density at radius 2 is 1.85 bits per heavy atom. The Hall–Kier alpha value is -1.52. The molecule has 2 fully saturated rings. The highest BCUT2D eigenvalue weighted by Gasteiger charge is 2.36. The smallest absolute Gasteiger partial charge is 0.293 e. The van der Waals surface area contributed by atoms with E-state index in [1.807, 2.05) is 43.3 Å². The average Bonchev–Trinajstić information content (AvgIpc) is 3.08. The van der Waals surface area contributed by atoms with Gasteiger partial charge < -0.3 is 9.47 Å². The molecule has 1 aliphatic carbocycles. The van der Waals surface area contributed by atoms with Crippen molar-refractivity contribution in [3.8, 4) is 11.5 Å². The molecule has 1 saturated carbocycles. The molecule has 0 bridgehead atoms. The molecule has 2 aromatic rings. The van der Waals surface area contributed by atoms with Crippen LogP contribution in [0.3, 0.4) is 0 Å². The van der Waals surface area contributed by atoms with E-state index in [0.29, 0.717) is 42.1 Å². The van der Waals surface area contributed by atoms with E-state index in [9.17, 15) is 9.59 Å². The molecule has 1 heterocycles. The third-order valence-electron chi connectivity index (χ3n) is 5.96. The SMILES string of the molecule is CCOc1cc(/C=C2/SC(=O)N(CC3CCCCC3)C2=O)cc(Br)c1OCc1ccc(I)cc1. The first-order valence-corrected chi connectivity index (χ1v) is 14.2. The van der Waals surface area contributed by atoms with Gasteiger partial charge in [0.2, 0.25) is 0 Å². The van der Waals surface area contributed by atoms with Gasteiger partial charge in [-0.1, -0.05) is 31.4 Å². The molecule has 0 unspecified atom stereocenters. The fourth-order valence-electron chi connectivity index (χ4n) is 4.25. The van der Waals surface area contributed by atoms with Crippen molar-refractivity contribution < 1.29 is 19.1 Å². The number of halogens is 2. The van der Waals surface area contributed by atoms with Gasteiger partial charge in [-0.25, -0.2) is 0 Å². The zero-order valence-corrected chi connectivity index (χ0v) is 23.6. The van der Waals surface area contributed by atoms with Crippen molar-refractivity contribution in [1.82, 2.24) is 4.90 Å². The molecule has 180 valence electrons. The Labute approximate surface area is 226 Å². The summed E-state index contributed by atoms with van der Waals surface area (Å²) in [5.74, 6) is 1.43. The Morgan fingerprint density at radius 3 is 2.56 bits per heavy atom. The fourth-order valence-corrected chi connectivity index (χ4v) is 6.03.